The van der Waals surface area contributed by atoms with E-state index in [-0.39, 0.29) is 28.8 Å². The van der Waals surface area contributed by atoms with Crippen LogP contribution >= 0.6 is 23.2 Å². The number of ether oxygens (including phenoxy) is 2. The number of rotatable bonds is 7. The number of hydrogen-bond acceptors (Lipinski definition) is 6. The highest BCUT2D eigenvalue weighted by molar-refractivity contribution is 6.31. The summed E-state index contributed by atoms with van der Waals surface area (Å²) in [5, 5.41) is 0.476. The van der Waals surface area contributed by atoms with Gasteiger partial charge in [-0.05, 0) is 48.9 Å². The Labute approximate surface area is 228 Å². The molecular weight excluding hydrogens is 532 g/mol. The van der Waals surface area contributed by atoms with Gasteiger partial charge in [0.2, 0.25) is 11.8 Å². The summed E-state index contributed by atoms with van der Waals surface area (Å²) < 4.78 is 27.1. The second-order valence-corrected chi connectivity index (χ2v) is 9.73. The number of nitrogen functional groups attached to an aromatic ring is 1. The minimum absolute atomic E-state index is 0.0654. The zero-order valence-electron chi connectivity index (χ0n) is 20.8. The maximum absolute atomic E-state index is 14.1. The van der Waals surface area contributed by atoms with E-state index in [1.54, 1.807) is 36.4 Å². The number of nitrogens with two attached hydrogens (primary N) is 1. The molecule has 3 heterocycles. The zero-order valence-corrected chi connectivity index (χ0v) is 22.3. The van der Waals surface area contributed by atoms with Crippen molar-refractivity contribution in [2.45, 2.75) is 19.0 Å². The summed E-state index contributed by atoms with van der Waals surface area (Å²) in [6.45, 7) is 2.34. The molecule has 0 radical (unpaired) electrons. The summed E-state index contributed by atoms with van der Waals surface area (Å²) in [5.74, 6) is -0.506. The molecule has 0 aliphatic carbocycles. The summed E-state index contributed by atoms with van der Waals surface area (Å²) in [6, 6.07) is 12.5. The average molecular weight is 556 g/mol. The van der Waals surface area contributed by atoms with Crippen molar-refractivity contribution in [1.29, 1.82) is 0 Å². The maximum Gasteiger partial charge on any atom is 0.261 e. The Kier molecular flexibility index (Phi) is 7.00. The van der Waals surface area contributed by atoms with Crippen molar-refractivity contribution in [3.63, 3.8) is 0 Å². The monoisotopic (exact) mass is 555 g/mol. The number of methoxy groups -OCH3 is 2. The van der Waals surface area contributed by atoms with Gasteiger partial charge in [-0.15, -0.1) is 0 Å². The van der Waals surface area contributed by atoms with E-state index in [0.29, 0.717) is 34.1 Å². The van der Waals surface area contributed by atoms with Crippen LogP contribution in [0.3, 0.4) is 0 Å². The molecule has 11 heteroatoms. The third-order valence-corrected chi connectivity index (χ3v) is 7.04. The number of benzene rings is 2. The molecule has 196 valence electrons. The van der Waals surface area contributed by atoms with Gasteiger partial charge in [0, 0.05) is 24.0 Å². The Morgan fingerprint density at radius 2 is 1.84 bits per heavy atom. The molecule has 0 spiro atoms. The molecule has 2 N–H and O–H groups in total. The van der Waals surface area contributed by atoms with Crippen LogP contribution in [0, 0.1) is 5.82 Å². The van der Waals surface area contributed by atoms with Gasteiger partial charge >= 0.3 is 0 Å². The van der Waals surface area contributed by atoms with Gasteiger partial charge < -0.3 is 19.8 Å². The average Bonchev–Trinajstić information content (AvgIpc) is 3.41. The number of aromatic nitrogens is 3. The van der Waals surface area contributed by atoms with Crippen molar-refractivity contribution in [1.82, 2.24) is 14.5 Å². The number of carbonyl (C=O) groups excluding carboxylic acids is 1. The molecule has 5 rings (SSSR count). The van der Waals surface area contributed by atoms with Gasteiger partial charge in [-0.1, -0.05) is 35.3 Å². The number of fused-ring (bicyclic) bond motifs is 1. The molecule has 2 aromatic carbocycles. The van der Waals surface area contributed by atoms with Crippen LogP contribution in [0.5, 0.6) is 5.88 Å². The van der Waals surface area contributed by atoms with Gasteiger partial charge in [0.15, 0.2) is 0 Å². The minimum Gasteiger partial charge on any atom is -0.480 e. The van der Waals surface area contributed by atoms with E-state index in [9.17, 15) is 9.18 Å². The third kappa shape index (κ3) is 4.36. The molecule has 1 amide bonds. The van der Waals surface area contributed by atoms with Gasteiger partial charge in [-0.3, -0.25) is 9.69 Å². The normalized spacial score (nSPS) is 15.6. The molecule has 0 saturated heterocycles. The van der Waals surface area contributed by atoms with Crippen LogP contribution in [0.4, 0.5) is 16.0 Å². The number of nitrogens with zero attached hydrogens (tertiary/aromatic N) is 4. The standard InChI is InChI=1S/C27H24Cl2FN5O3/c1-14(13-37-2)34-22(19-12-32-27(31)33-25(19)38-3)11-18-24(34)23(15-4-6-16(28)7-5-15)35(26(18)36)17-8-9-21(30)20(29)10-17/h4-12,14,23H,13H2,1-3H3,(H2,31,32,33)/t14-,23?/m1/s1. The molecule has 0 bridgehead atoms. The molecule has 1 unspecified atom stereocenters. The maximum atomic E-state index is 14.1. The zero-order chi connectivity index (χ0) is 27.1. The van der Waals surface area contributed by atoms with Gasteiger partial charge in [0.05, 0.1) is 47.3 Å². The number of amides is 1. The lowest BCUT2D eigenvalue weighted by atomic mass is 10.0. The van der Waals surface area contributed by atoms with Crippen molar-refractivity contribution in [3.8, 4) is 17.1 Å². The Morgan fingerprint density at radius 1 is 1.11 bits per heavy atom. The second-order valence-electron chi connectivity index (χ2n) is 8.88. The lowest BCUT2D eigenvalue weighted by Crippen LogP contribution is -2.30. The van der Waals surface area contributed by atoms with Crippen molar-refractivity contribution in [2.75, 3.05) is 31.5 Å². The minimum atomic E-state index is -0.579. The van der Waals surface area contributed by atoms with E-state index in [0.717, 1.165) is 11.3 Å². The van der Waals surface area contributed by atoms with Crippen LogP contribution in [-0.4, -0.2) is 41.3 Å². The summed E-state index contributed by atoms with van der Waals surface area (Å²) in [7, 11) is 3.11. The first-order valence-corrected chi connectivity index (χ1v) is 12.5. The van der Waals surface area contributed by atoms with Gasteiger partial charge in [0.1, 0.15) is 11.9 Å². The quantitative estimate of drug-likeness (QED) is 0.303. The number of halogens is 3. The fourth-order valence-corrected chi connectivity index (χ4v) is 5.22. The second kappa shape index (κ2) is 10.2. The molecule has 1 aliphatic heterocycles. The Balaban J connectivity index is 1.79. The SMILES string of the molecule is COC[C@@H](C)n1c(-c2cnc(N)nc2OC)cc2c1C(c1ccc(Cl)cc1)N(c1ccc(F)c(Cl)c1)C2=O. The molecule has 8 nitrogen and oxygen atoms in total. The fourth-order valence-electron chi connectivity index (χ4n) is 4.92. The van der Waals surface area contributed by atoms with Crippen molar-refractivity contribution in [2.24, 2.45) is 0 Å². The van der Waals surface area contributed by atoms with Gasteiger partial charge in [-0.25, -0.2) is 9.37 Å². The largest absolute Gasteiger partial charge is 0.480 e. The first-order valence-electron chi connectivity index (χ1n) is 11.7. The molecule has 1 aliphatic rings. The molecule has 4 aromatic rings. The summed E-state index contributed by atoms with van der Waals surface area (Å²) in [4.78, 5) is 24.1. The first-order chi connectivity index (χ1) is 18.2. The van der Waals surface area contributed by atoms with E-state index < -0.39 is 11.9 Å². The van der Waals surface area contributed by atoms with Crippen molar-refractivity contribution >= 4 is 40.7 Å². The molecule has 38 heavy (non-hydrogen) atoms. The predicted octanol–water partition coefficient (Wildman–Crippen LogP) is 5.94. The van der Waals surface area contributed by atoms with E-state index in [1.165, 1.54) is 25.3 Å². The van der Waals surface area contributed by atoms with Crippen LogP contribution in [-0.2, 0) is 4.74 Å². The topological polar surface area (TPSA) is 95.5 Å². The number of carbonyl (C=O) groups is 1. The molecule has 2 atom stereocenters. The van der Waals surface area contributed by atoms with Crippen molar-refractivity contribution in [3.05, 3.63) is 87.4 Å². The Hall–Kier alpha value is -3.66. The highest BCUT2D eigenvalue weighted by Gasteiger charge is 2.44. The smallest absolute Gasteiger partial charge is 0.261 e. The lowest BCUT2D eigenvalue weighted by Gasteiger charge is -2.30. The Morgan fingerprint density at radius 3 is 2.50 bits per heavy atom. The van der Waals surface area contributed by atoms with E-state index >= 15 is 0 Å². The van der Waals surface area contributed by atoms with Crippen molar-refractivity contribution < 1.29 is 18.7 Å². The lowest BCUT2D eigenvalue weighted by molar-refractivity contribution is 0.0993. The van der Waals surface area contributed by atoms with Crippen LogP contribution in [0.1, 0.15) is 40.6 Å². The van der Waals surface area contributed by atoms with Crippen LogP contribution in [0.25, 0.3) is 11.3 Å². The predicted molar refractivity (Wildman–Crippen MR) is 145 cm³/mol. The van der Waals surface area contributed by atoms with Crippen LogP contribution < -0.4 is 15.4 Å². The van der Waals surface area contributed by atoms with Gasteiger partial charge in [0.25, 0.3) is 5.91 Å². The molecule has 2 aromatic heterocycles. The molecule has 0 fully saturated rings. The van der Waals surface area contributed by atoms with Crippen LogP contribution in [0.15, 0.2) is 54.7 Å². The Bertz CT molecular complexity index is 1530. The highest BCUT2D eigenvalue weighted by Crippen LogP contribution is 2.47. The third-order valence-electron chi connectivity index (χ3n) is 6.50. The number of anilines is 2. The fraction of sp³-hybridized carbons (Fsp3) is 0.222. The first kappa shape index (κ1) is 26.0. The molecular formula is C27H24Cl2FN5O3. The molecule has 0 saturated carbocycles. The summed E-state index contributed by atoms with van der Waals surface area (Å²) in [5.41, 5.74) is 9.47. The van der Waals surface area contributed by atoms with E-state index in [4.69, 9.17) is 38.4 Å². The van der Waals surface area contributed by atoms with E-state index in [2.05, 4.69) is 9.97 Å². The van der Waals surface area contributed by atoms with Crippen LogP contribution in [0.2, 0.25) is 10.0 Å². The summed E-state index contributed by atoms with van der Waals surface area (Å²) >= 11 is 12.3. The van der Waals surface area contributed by atoms with E-state index in [1.807, 2.05) is 23.6 Å². The number of hydrogen-bond donors (Lipinski definition) is 1. The summed E-state index contributed by atoms with van der Waals surface area (Å²) in [6.07, 6.45) is 1.57. The highest BCUT2D eigenvalue weighted by atomic mass is 35.5. The van der Waals surface area contributed by atoms with Gasteiger partial charge in [-0.2, -0.15) is 4.98 Å².